The standard InChI is InChI=1S/C28H20N4/c1-17-6-3-11-24-26(17)23-13-12-20(14-25(23)31(24)2)32-27-18(15-29)7-4-9-21(27)22-10-5-8-19(16-30)28(22)32/h3-5,7-14,17H,6H2,1-2H3. The fourth-order valence-electron chi connectivity index (χ4n) is 5.39. The lowest BCUT2D eigenvalue weighted by atomic mass is 9.91. The zero-order valence-electron chi connectivity index (χ0n) is 17.9. The van der Waals surface area contributed by atoms with Crippen LogP contribution >= 0.6 is 0 Å². The number of hydrogen-bond donors (Lipinski definition) is 0. The number of nitrogens with zero attached hydrogens (tertiary/aromatic N) is 4. The van der Waals surface area contributed by atoms with Gasteiger partial charge in [0.25, 0.3) is 0 Å². The van der Waals surface area contributed by atoms with E-state index in [9.17, 15) is 10.5 Å². The van der Waals surface area contributed by atoms with Crippen molar-refractivity contribution in [1.82, 2.24) is 9.13 Å². The Hall–Kier alpha value is -4.28. The fraction of sp³-hybridized carbons (Fsp3) is 0.143. The van der Waals surface area contributed by atoms with Gasteiger partial charge < -0.3 is 9.13 Å². The molecular formula is C28H20N4. The van der Waals surface area contributed by atoms with Gasteiger partial charge in [-0.05, 0) is 48.2 Å². The average molecular weight is 412 g/mol. The number of allylic oxidation sites excluding steroid dienone is 1. The third-order valence-electron chi connectivity index (χ3n) is 6.84. The van der Waals surface area contributed by atoms with Crippen molar-refractivity contribution in [3.8, 4) is 17.8 Å². The molecule has 4 nitrogen and oxygen atoms in total. The zero-order valence-corrected chi connectivity index (χ0v) is 17.9. The van der Waals surface area contributed by atoms with E-state index in [2.05, 4.69) is 65.6 Å². The monoisotopic (exact) mass is 412 g/mol. The van der Waals surface area contributed by atoms with Crippen LogP contribution in [0, 0.1) is 22.7 Å². The predicted octanol–water partition coefficient (Wildman–Crippen LogP) is 6.54. The SMILES string of the molecule is CC1CC=Cc2c1c1ccc(-n3c4c(C#N)cccc4c4cccc(C#N)c43)cc1n2C. The molecule has 0 N–H and O–H groups in total. The third kappa shape index (κ3) is 2.30. The first-order chi connectivity index (χ1) is 15.6. The second-order valence-corrected chi connectivity index (χ2v) is 8.56. The summed E-state index contributed by atoms with van der Waals surface area (Å²) in [6, 6.07) is 22.8. The van der Waals surface area contributed by atoms with Gasteiger partial charge in [0.15, 0.2) is 0 Å². The van der Waals surface area contributed by atoms with Crippen molar-refractivity contribution in [2.45, 2.75) is 19.3 Å². The minimum Gasteiger partial charge on any atom is -0.344 e. The van der Waals surface area contributed by atoms with Crippen molar-refractivity contribution >= 4 is 38.8 Å². The van der Waals surface area contributed by atoms with Crippen LogP contribution in [0.25, 0.3) is 44.5 Å². The van der Waals surface area contributed by atoms with Gasteiger partial charge in [0.05, 0.1) is 27.7 Å². The summed E-state index contributed by atoms with van der Waals surface area (Å²) in [6.07, 6.45) is 5.52. The predicted molar refractivity (Wildman–Crippen MR) is 129 cm³/mol. The van der Waals surface area contributed by atoms with Crippen molar-refractivity contribution in [3.63, 3.8) is 0 Å². The van der Waals surface area contributed by atoms with Crippen molar-refractivity contribution < 1.29 is 0 Å². The van der Waals surface area contributed by atoms with Gasteiger partial charge in [-0.15, -0.1) is 0 Å². The van der Waals surface area contributed by atoms with Gasteiger partial charge in [-0.2, -0.15) is 10.5 Å². The number of aromatic nitrogens is 2. The van der Waals surface area contributed by atoms with Crippen LogP contribution in [0.2, 0.25) is 0 Å². The Morgan fingerprint density at radius 1 is 0.875 bits per heavy atom. The summed E-state index contributed by atoms with van der Waals surface area (Å²) in [4.78, 5) is 0. The molecule has 0 bridgehead atoms. The Bertz CT molecular complexity index is 1620. The summed E-state index contributed by atoms with van der Waals surface area (Å²) in [5, 5.41) is 23.0. The van der Waals surface area contributed by atoms with E-state index in [0.29, 0.717) is 17.0 Å². The lowest BCUT2D eigenvalue weighted by molar-refractivity contribution is 0.765. The van der Waals surface area contributed by atoms with Crippen LogP contribution < -0.4 is 0 Å². The van der Waals surface area contributed by atoms with Crippen molar-refractivity contribution in [3.05, 3.63) is 83.1 Å². The van der Waals surface area contributed by atoms with Crippen LogP contribution in [0.15, 0.2) is 60.7 Å². The maximum absolute atomic E-state index is 9.87. The number of rotatable bonds is 1. The summed E-state index contributed by atoms with van der Waals surface area (Å²) >= 11 is 0. The smallest absolute Gasteiger partial charge is 0.101 e. The summed E-state index contributed by atoms with van der Waals surface area (Å²) in [7, 11) is 2.11. The van der Waals surface area contributed by atoms with E-state index in [-0.39, 0.29) is 0 Å². The third-order valence-corrected chi connectivity index (χ3v) is 6.84. The molecule has 6 rings (SSSR count). The van der Waals surface area contributed by atoms with Crippen molar-refractivity contribution in [1.29, 1.82) is 10.5 Å². The van der Waals surface area contributed by atoms with Crippen LogP contribution in [0.4, 0.5) is 0 Å². The molecule has 5 aromatic rings. The van der Waals surface area contributed by atoms with Crippen LogP contribution in [-0.4, -0.2) is 9.13 Å². The van der Waals surface area contributed by atoms with E-state index in [0.717, 1.165) is 39.4 Å². The van der Waals surface area contributed by atoms with Gasteiger partial charge in [-0.25, -0.2) is 0 Å². The highest BCUT2D eigenvalue weighted by Crippen LogP contribution is 2.40. The molecule has 1 unspecified atom stereocenters. The number of fused-ring (bicyclic) bond motifs is 6. The van der Waals surface area contributed by atoms with Gasteiger partial charge in [-0.1, -0.05) is 43.3 Å². The highest BCUT2D eigenvalue weighted by Gasteiger charge is 2.23. The molecule has 3 aromatic carbocycles. The highest BCUT2D eigenvalue weighted by molar-refractivity contribution is 6.12. The first-order valence-corrected chi connectivity index (χ1v) is 10.8. The molecule has 0 saturated carbocycles. The first kappa shape index (κ1) is 18.5. The summed E-state index contributed by atoms with van der Waals surface area (Å²) in [6.45, 7) is 2.28. The Balaban J connectivity index is 1.77. The molecule has 4 heteroatoms. The highest BCUT2D eigenvalue weighted by atomic mass is 15.0. The molecule has 152 valence electrons. The Morgan fingerprint density at radius 2 is 1.53 bits per heavy atom. The van der Waals surface area contributed by atoms with Crippen molar-refractivity contribution in [2.75, 3.05) is 0 Å². The number of nitriles is 2. The molecule has 0 fully saturated rings. The fourth-order valence-corrected chi connectivity index (χ4v) is 5.39. The molecular weight excluding hydrogens is 392 g/mol. The lowest BCUT2D eigenvalue weighted by Gasteiger charge is -2.15. The van der Waals surface area contributed by atoms with Crippen LogP contribution in [0.1, 0.15) is 41.6 Å². The van der Waals surface area contributed by atoms with Gasteiger partial charge in [0.2, 0.25) is 0 Å². The number of hydrogen-bond acceptors (Lipinski definition) is 2. The quantitative estimate of drug-likeness (QED) is 0.314. The minimum atomic E-state index is 0.480. The molecule has 0 amide bonds. The molecule has 2 heterocycles. The van der Waals surface area contributed by atoms with Gasteiger partial charge in [-0.3, -0.25) is 0 Å². The van der Waals surface area contributed by atoms with E-state index in [1.807, 2.05) is 36.4 Å². The molecule has 32 heavy (non-hydrogen) atoms. The topological polar surface area (TPSA) is 57.4 Å². The second-order valence-electron chi connectivity index (χ2n) is 8.56. The van der Waals surface area contributed by atoms with E-state index >= 15 is 0 Å². The molecule has 1 aliphatic carbocycles. The van der Waals surface area contributed by atoms with Gasteiger partial charge in [0.1, 0.15) is 12.1 Å². The van der Waals surface area contributed by atoms with E-state index in [4.69, 9.17) is 0 Å². The second kappa shape index (κ2) is 6.61. The number of para-hydroxylation sites is 2. The lowest BCUT2D eigenvalue weighted by Crippen LogP contribution is -2.00. The van der Waals surface area contributed by atoms with E-state index in [1.165, 1.54) is 16.6 Å². The van der Waals surface area contributed by atoms with Crippen LogP contribution in [0.3, 0.4) is 0 Å². The normalized spacial score (nSPS) is 15.2. The molecule has 1 aliphatic rings. The Kier molecular flexibility index (Phi) is 3.82. The molecule has 1 atom stereocenters. The summed E-state index contributed by atoms with van der Waals surface area (Å²) in [5.41, 5.74) is 7.67. The molecule has 2 aromatic heterocycles. The average Bonchev–Trinajstić information content (AvgIpc) is 3.32. The van der Waals surface area contributed by atoms with Gasteiger partial charge in [0, 0.05) is 34.6 Å². The van der Waals surface area contributed by atoms with E-state index < -0.39 is 0 Å². The maximum Gasteiger partial charge on any atom is 0.101 e. The summed E-state index contributed by atoms with van der Waals surface area (Å²) in [5.74, 6) is 0.480. The Labute approximate surface area is 185 Å². The Morgan fingerprint density at radius 3 is 2.16 bits per heavy atom. The molecule has 0 saturated heterocycles. The number of aryl methyl sites for hydroxylation is 1. The maximum atomic E-state index is 9.87. The molecule has 0 spiro atoms. The van der Waals surface area contributed by atoms with Crippen molar-refractivity contribution in [2.24, 2.45) is 7.05 Å². The largest absolute Gasteiger partial charge is 0.344 e. The summed E-state index contributed by atoms with van der Waals surface area (Å²) < 4.78 is 4.34. The van der Waals surface area contributed by atoms with Crippen LogP contribution in [0.5, 0.6) is 0 Å². The molecule has 0 radical (unpaired) electrons. The van der Waals surface area contributed by atoms with Crippen LogP contribution in [-0.2, 0) is 7.05 Å². The van der Waals surface area contributed by atoms with E-state index in [1.54, 1.807) is 0 Å². The molecule has 0 aliphatic heterocycles. The zero-order chi connectivity index (χ0) is 22.0. The van der Waals surface area contributed by atoms with Gasteiger partial charge >= 0.3 is 0 Å². The first-order valence-electron chi connectivity index (χ1n) is 10.8. The minimum absolute atomic E-state index is 0.480. The number of benzene rings is 3.